The van der Waals surface area contributed by atoms with Gasteiger partial charge in [0.1, 0.15) is 5.82 Å². The molecule has 1 unspecified atom stereocenters. The first-order valence-corrected chi connectivity index (χ1v) is 9.18. The van der Waals surface area contributed by atoms with Crippen LogP contribution in [0.3, 0.4) is 0 Å². The lowest BCUT2D eigenvalue weighted by molar-refractivity contribution is -0.0773. The average Bonchev–Trinajstić information content (AvgIpc) is 2.97. The van der Waals surface area contributed by atoms with Crippen molar-refractivity contribution in [2.24, 2.45) is 5.92 Å². The Hall–Kier alpha value is -1.72. The van der Waals surface area contributed by atoms with Crippen molar-refractivity contribution in [3.63, 3.8) is 0 Å². The van der Waals surface area contributed by atoms with Crippen LogP contribution >= 0.6 is 0 Å². The van der Waals surface area contributed by atoms with Gasteiger partial charge in [-0.2, -0.15) is 5.10 Å². The predicted molar refractivity (Wildman–Crippen MR) is 95.7 cm³/mol. The number of hydrogen-bond donors (Lipinski definition) is 1. The van der Waals surface area contributed by atoms with Gasteiger partial charge in [-0.1, -0.05) is 12.1 Å². The molecule has 1 aromatic carbocycles. The number of aromatic amines is 1. The highest BCUT2D eigenvalue weighted by atomic mass is 19.1. The Morgan fingerprint density at radius 3 is 3.08 bits per heavy atom. The van der Waals surface area contributed by atoms with Crippen LogP contribution in [0, 0.1) is 11.7 Å². The summed E-state index contributed by atoms with van der Waals surface area (Å²) in [7, 11) is 0. The molecule has 1 fully saturated rings. The summed E-state index contributed by atoms with van der Waals surface area (Å²) in [5, 5.41) is 7.64. The minimum atomic E-state index is -0.216. The highest BCUT2D eigenvalue weighted by Gasteiger charge is 2.31. The monoisotopic (exact) mass is 343 g/mol. The first-order valence-electron chi connectivity index (χ1n) is 9.18. The van der Waals surface area contributed by atoms with E-state index in [2.05, 4.69) is 28.9 Å². The molecule has 0 bridgehead atoms. The Morgan fingerprint density at radius 2 is 2.28 bits per heavy atom. The second kappa shape index (κ2) is 6.54. The van der Waals surface area contributed by atoms with E-state index >= 15 is 0 Å². The van der Waals surface area contributed by atoms with Crippen LogP contribution in [0.5, 0.6) is 0 Å². The fourth-order valence-corrected chi connectivity index (χ4v) is 4.26. The molecule has 25 heavy (non-hydrogen) atoms. The van der Waals surface area contributed by atoms with Gasteiger partial charge in [-0.25, -0.2) is 4.39 Å². The molecular weight excluding hydrogens is 317 g/mol. The molecule has 4 rings (SSSR count). The summed E-state index contributed by atoms with van der Waals surface area (Å²) in [6.45, 7) is 8.26. The highest BCUT2D eigenvalue weighted by Crippen LogP contribution is 2.32. The summed E-state index contributed by atoms with van der Waals surface area (Å²) in [6.07, 6.45) is 3.22. The zero-order chi connectivity index (χ0) is 17.4. The molecule has 1 saturated heterocycles. The minimum absolute atomic E-state index is 0.00771. The van der Waals surface area contributed by atoms with Crippen LogP contribution in [0.4, 0.5) is 4.39 Å². The van der Waals surface area contributed by atoms with E-state index in [0.717, 1.165) is 56.8 Å². The smallest absolute Gasteiger partial charge is 0.123 e. The lowest BCUT2D eigenvalue weighted by Crippen LogP contribution is -2.41. The quantitative estimate of drug-likeness (QED) is 0.922. The molecule has 1 N–H and O–H groups in total. The van der Waals surface area contributed by atoms with Gasteiger partial charge in [0.2, 0.25) is 0 Å². The zero-order valence-corrected chi connectivity index (χ0v) is 15.0. The Kier molecular flexibility index (Phi) is 4.38. The maximum absolute atomic E-state index is 13.6. The van der Waals surface area contributed by atoms with E-state index in [0.29, 0.717) is 5.92 Å². The van der Waals surface area contributed by atoms with E-state index < -0.39 is 0 Å². The van der Waals surface area contributed by atoms with Gasteiger partial charge in [0.05, 0.1) is 11.3 Å². The number of halogens is 1. The molecule has 1 aromatic heterocycles. The number of hydrogen-bond acceptors (Lipinski definition) is 3. The fourth-order valence-electron chi connectivity index (χ4n) is 4.26. The Morgan fingerprint density at radius 1 is 1.40 bits per heavy atom. The van der Waals surface area contributed by atoms with E-state index in [1.807, 2.05) is 6.07 Å². The second-order valence-electron chi connectivity index (χ2n) is 7.99. The number of aromatic nitrogens is 2. The van der Waals surface area contributed by atoms with Gasteiger partial charge in [-0.3, -0.25) is 10.00 Å². The van der Waals surface area contributed by atoms with Crippen molar-refractivity contribution in [2.75, 3.05) is 19.7 Å². The van der Waals surface area contributed by atoms with Crippen molar-refractivity contribution in [2.45, 2.75) is 45.3 Å². The number of benzene rings is 1. The summed E-state index contributed by atoms with van der Waals surface area (Å²) in [4.78, 5) is 2.52. The maximum atomic E-state index is 13.6. The van der Waals surface area contributed by atoms with Crippen molar-refractivity contribution in [3.05, 3.63) is 41.3 Å². The Bertz CT molecular complexity index is 755. The standard InChI is InChI=1S/C20H26FN3O/c1-20(2)11-14(7-9-25-20)12-24-8-6-18-17(13-24)19(23-22-18)15-4-3-5-16(21)10-15/h3-5,10,14H,6-9,11-13H2,1-2H3,(H,22,23). The molecule has 0 saturated carbocycles. The van der Waals surface area contributed by atoms with Crippen molar-refractivity contribution < 1.29 is 9.13 Å². The lowest BCUT2D eigenvalue weighted by atomic mass is 9.87. The molecular formula is C20H26FN3O. The molecule has 0 radical (unpaired) electrons. The van der Waals surface area contributed by atoms with E-state index in [-0.39, 0.29) is 11.4 Å². The maximum Gasteiger partial charge on any atom is 0.123 e. The first-order chi connectivity index (χ1) is 12.0. The molecule has 2 aliphatic rings. The van der Waals surface area contributed by atoms with Gasteiger partial charge < -0.3 is 4.74 Å². The van der Waals surface area contributed by atoms with Crippen LogP contribution in [0.25, 0.3) is 11.3 Å². The van der Waals surface area contributed by atoms with Crippen LogP contribution in [-0.4, -0.2) is 40.4 Å². The largest absolute Gasteiger partial charge is 0.376 e. The van der Waals surface area contributed by atoms with Crippen LogP contribution in [0.1, 0.15) is 37.9 Å². The lowest BCUT2D eigenvalue weighted by Gasteiger charge is -2.38. The van der Waals surface area contributed by atoms with Crippen molar-refractivity contribution in [3.8, 4) is 11.3 Å². The van der Waals surface area contributed by atoms with Crippen LogP contribution in [0.2, 0.25) is 0 Å². The summed E-state index contributed by atoms with van der Waals surface area (Å²) < 4.78 is 19.4. The van der Waals surface area contributed by atoms with Crippen molar-refractivity contribution in [1.82, 2.24) is 15.1 Å². The Labute approximate surface area is 148 Å². The van der Waals surface area contributed by atoms with Gasteiger partial charge >= 0.3 is 0 Å². The first kappa shape index (κ1) is 16.7. The Balaban J connectivity index is 1.50. The fraction of sp³-hybridized carbons (Fsp3) is 0.550. The molecule has 3 heterocycles. The van der Waals surface area contributed by atoms with Crippen molar-refractivity contribution >= 4 is 0 Å². The SMILES string of the molecule is CC1(C)CC(CN2CCc3[nH]nc(-c4cccc(F)c4)c3C2)CCO1. The van der Waals surface area contributed by atoms with Crippen LogP contribution in [-0.2, 0) is 17.7 Å². The van der Waals surface area contributed by atoms with Gasteiger partial charge in [0.15, 0.2) is 0 Å². The third-order valence-electron chi connectivity index (χ3n) is 5.43. The van der Waals surface area contributed by atoms with E-state index in [1.54, 1.807) is 12.1 Å². The minimum Gasteiger partial charge on any atom is -0.376 e. The van der Waals surface area contributed by atoms with E-state index in [4.69, 9.17) is 4.74 Å². The number of H-pyrrole nitrogens is 1. The van der Waals surface area contributed by atoms with Gasteiger partial charge in [-0.05, 0) is 44.7 Å². The third-order valence-corrected chi connectivity index (χ3v) is 5.43. The van der Waals surface area contributed by atoms with Crippen molar-refractivity contribution in [1.29, 1.82) is 0 Å². The van der Waals surface area contributed by atoms with Gasteiger partial charge in [0.25, 0.3) is 0 Å². The number of nitrogens with one attached hydrogen (secondary N) is 1. The molecule has 134 valence electrons. The average molecular weight is 343 g/mol. The van der Waals surface area contributed by atoms with Gasteiger partial charge in [0, 0.05) is 49.5 Å². The normalized spacial score (nSPS) is 23.4. The molecule has 0 aliphatic carbocycles. The summed E-state index contributed by atoms with van der Waals surface area (Å²) in [5.41, 5.74) is 4.16. The number of rotatable bonds is 3. The highest BCUT2D eigenvalue weighted by molar-refractivity contribution is 5.64. The molecule has 1 atom stereocenters. The zero-order valence-electron chi connectivity index (χ0n) is 15.0. The van der Waals surface area contributed by atoms with Crippen LogP contribution in [0.15, 0.2) is 24.3 Å². The molecule has 2 aliphatic heterocycles. The number of nitrogens with zero attached hydrogens (tertiary/aromatic N) is 2. The third kappa shape index (κ3) is 3.62. The number of fused-ring (bicyclic) bond motifs is 1. The van der Waals surface area contributed by atoms with E-state index in [9.17, 15) is 4.39 Å². The summed E-state index contributed by atoms with van der Waals surface area (Å²) >= 11 is 0. The van der Waals surface area contributed by atoms with Crippen LogP contribution < -0.4 is 0 Å². The number of ether oxygens (including phenoxy) is 1. The molecule has 4 nitrogen and oxygen atoms in total. The van der Waals surface area contributed by atoms with Gasteiger partial charge in [-0.15, -0.1) is 0 Å². The molecule has 0 spiro atoms. The molecule has 2 aromatic rings. The summed E-state index contributed by atoms with van der Waals surface area (Å²) in [6, 6.07) is 6.72. The van der Waals surface area contributed by atoms with E-state index in [1.165, 1.54) is 17.3 Å². The molecule has 5 heteroatoms. The molecule has 0 amide bonds. The second-order valence-corrected chi connectivity index (χ2v) is 7.99. The predicted octanol–water partition coefficient (Wildman–Crippen LogP) is 3.78. The topological polar surface area (TPSA) is 41.2 Å². The summed E-state index contributed by atoms with van der Waals surface area (Å²) in [5.74, 6) is 0.459.